The molecule has 1 atom stereocenters. The zero-order valence-corrected chi connectivity index (χ0v) is 12.5. The Hall–Kier alpha value is -2.21. The van der Waals surface area contributed by atoms with Gasteiger partial charge in [0.25, 0.3) is 0 Å². The predicted molar refractivity (Wildman–Crippen MR) is 80.7 cm³/mol. The standard InChI is InChI=1S/C15H12BrNO4/c16-11-6-9(7-12-14(11)21-8-20-12)13(15(18)19)17-10-4-2-1-3-5-10/h1-7,13,17H,8H2,(H,18,19). The second-order valence-corrected chi connectivity index (χ2v) is 5.37. The lowest BCUT2D eigenvalue weighted by atomic mass is 10.1. The molecule has 3 rings (SSSR count). The Morgan fingerprint density at radius 2 is 2.00 bits per heavy atom. The molecule has 2 aromatic rings. The second kappa shape index (κ2) is 5.65. The SMILES string of the molecule is O=C(O)C(Nc1ccccc1)c1cc(Br)c2c(c1)OCO2. The lowest BCUT2D eigenvalue weighted by molar-refractivity contribution is -0.138. The van der Waals surface area contributed by atoms with Crippen LogP contribution >= 0.6 is 15.9 Å². The van der Waals surface area contributed by atoms with Crippen molar-refractivity contribution in [2.24, 2.45) is 0 Å². The first-order valence-corrected chi connectivity index (χ1v) is 7.08. The van der Waals surface area contributed by atoms with Crippen LogP contribution in [0, 0.1) is 0 Å². The maximum Gasteiger partial charge on any atom is 0.330 e. The number of para-hydroxylation sites is 1. The number of aliphatic carboxylic acids is 1. The molecule has 0 spiro atoms. The van der Waals surface area contributed by atoms with Crippen LogP contribution in [0.25, 0.3) is 0 Å². The van der Waals surface area contributed by atoms with E-state index in [9.17, 15) is 9.90 Å². The zero-order valence-electron chi connectivity index (χ0n) is 10.9. The van der Waals surface area contributed by atoms with E-state index in [1.165, 1.54) is 0 Å². The highest BCUT2D eigenvalue weighted by molar-refractivity contribution is 9.10. The lowest BCUT2D eigenvalue weighted by Gasteiger charge is -2.17. The Morgan fingerprint density at radius 1 is 1.24 bits per heavy atom. The molecule has 5 nitrogen and oxygen atoms in total. The van der Waals surface area contributed by atoms with Crippen molar-refractivity contribution in [2.75, 3.05) is 12.1 Å². The first-order chi connectivity index (χ1) is 10.1. The third-order valence-corrected chi connectivity index (χ3v) is 3.70. The molecule has 1 heterocycles. The molecule has 108 valence electrons. The molecule has 1 aliphatic rings. The normalized spacial score (nSPS) is 13.8. The van der Waals surface area contributed by atoms with Crippen molar-refractivity contribution < 1.29 is 19.4 Å². The van der Waals surface area contributed by atoms with Crippen LogP contribution in [0.1, 0.15) is 11.6 Å². The van der Waals surface area contributed by atoms with Gasteiger partial charge in [0.1, 0.15) is 0 Å². The Kier molecular flexibility index (Phi) is 3.70. The van der Waals surface area contributed by atoms with E-state index in [1.54, 1.807) is 12.1 Å². The molecular weight excluding hydrogens is 338 g/mol. The fourth-order valence-corrected chi connectivity index (χ4v) is 2.72. The van der Waals surface area contributed by atoms with Gasteiger partial charge < -0.3 is 19.9 Å². The Balaban J connectivity index is 1.95. The van der Waals surface area contributed by atoms with Crippen LogP contribution in [0.2, 0.25) is 0 Å². The third-order valence-electron chi connectivity index (χ3n) is 3.11. The maximum atomic E-state index is 11.6. The number of carboxylic acids is 1. The van der Waals surface area contributed by atoms with Gasteiger partial charge in [-0.05, 0) is 45.8 Å². The second-order valence-electron chi connectivity index (χ2n) is 4.52. The lowest BCUT2D eigenvalue weighted by Crippen LogP contribution is -2.20. The van der Waals surface area contributed by atoms with E-state index in [1.807, 2.05) is 30.3 Å². The maximum absolute atomic E-state index is 11.6. The minimum Gasteiger partial charge on any atom is -0.479 e. The predicted octanol–water partition coefficient (Wildman–Crippen LogP) is 3.42. The fraction of sp³-hybridized carbons (Fsp3) is 0.133. The first-order valence-electron chi connectivity index (χ1n) is 6.28. The van der Waals surface area contributed by atoms with Crippen molar-refractivity contribution >= 4 is 27.6 Å². The van der Waals surface area contributed by atoms with Crippen molar-refractivity contribution in [3.05, 3.63) is 52.5 Å². The highest BCUT2D eigenvalue weighted by atomic mass is 79.9. The zero-order chi connectivity index (χ0) is 14.8. The van der Waals surface area contributed by atoms with Crippen LogP contribution in [0.5, 0.6) is 11.5 Å². The number of carboxylic acid groups (broad SMARTS) is 1. The molecule has 0 saturated heterocycles. The van der Waals surface area contributed by atoms with Crippen molar-refractivity contribution in [1.82, 2.24) is 0 Å². The molecular formula is C15H12BrNO4. The summed E-state index contributed by atoms with van der Waals surface area (Å²) in [5.74, 6) is 0.174. The summed E-state index contributed by atoms with van der Waals surface area (Å²) in [5.41, 5.74) is 1.32. The van der Waals surface area contributed by atoms with E-state index in [4.69, 9.17) is 9.47 Å². The van der Waals surface area contributed by atoms with Gasteiger partial charge in [-0.3, -0.25) is 0 Å². The van der Waals surface area contributed by atoms with Gasteiger partial charge in [0, 0.05) is 5.69 Å². The molecule has 2 aromatic carbocycles. The summed E-state index contributed by atoms with van der Waals surface area (Å²) < 4.78 is 11.3. The summed E-state index contributed by atoms with van der Waals surface area (Å²) in [6.45, 7) is 0.140. The van der Waals surface area contributed by atoms with Gasteiger partial charge >= 0.3 is 5.97 Å². The number of benzene rings is 2. The molecule has 0 amide bonds. The van der Waals surface area contributed by atoms with Gasteiger partial charge in [0.05, 0.1) is 4.47 Å². The number of carbonyl (C=O) groups is 1. The van der Waals surface area contributed by atoms with Crippen LogP contribution in [0.4, 0.5) is 5.69 Å². The first kappa shape index (κ1) is 13.8. The van der Waals surface area contributed by atoms with Gasteiger partial charge in [0.15, 0.2) is 17.5 Å². The summed E-state index contributed by atoms with van der Waals surface area (Å²) >= 11 is 3.38. The van der Waals surface area contributed by atoms with Crippen LogP contribution in [-0.4, -0.2) is 17.9 Å². The number of ether oxygens (including phenoxy) is 2. The monoisotopic (exact) mass is 349 g/mol. The highest BCUT2D eigenvalue weighted by Gasteiger charge is 2.25. The van der Waals surface area contributed by atoms with Crippen molar-refractivity contribution in [1.29, 1.82) is 0 Å². The molecule has 0 fully saturated rings. The molecule has 6 heteroatoms. The van der Waals surface area contributed by atoms with Gasteiger partial charge in [-0.1, -0.05) is 18.2 Å². The third kappa shape index (κ3) is 2.80. The number of anilines is 1. The Labute approximate surface area is 129 Å². The molecule has 0 saturated carbocycles. The van der Waals surface area contributed by atoms with E-state index in [2.05, 4.69) is 21.2 Å². The topological polar surface area (TPSA) is 67.8 Å². The minimum atomic E-state index is -0.968. The van der Waals surface area contributed by atoms with E-state index >= 15 is 0 Å². The van der Waals surface area contributed by atoms with Crippen molar-refractivity contribution in [2.45, 2.75) is 6.04 Å². The number of halogens is 1. The number of rotatable bonds is 4. The van der Waals surface area contributed by atoms with Crippen LogP contribution < -0.4 is 14.8 Å². The number of hydrogen-bond acceptors (Lipinski definition) is 4. The van der Waals surface area contributed by atoms with E-state index in [0.29, 0.717) is 21.5 Å². The molecule has 1 aliphatic heterocycles. The summed E-state index contributed by atoms with van der Waals surface area (Å²) in [6, 6.07) is 11.7. The van der Waals surface area contributed by atoms with Crippen molar-refractivity contribution in [3.63, 3.8) is 0 Å². The molecule has 0 radical (unpaired) electrons. The van der Waals surface area contributed by atoms with Gasteiger partial charge in [0.2, 0.25) is 6.79 Å². The molecule has 0 aliphatic carbocycles. The molecule has 0 aromatic heterocycles. The largest absolute Gasteiger partial charge is 0.479 e. The summed E-state index contributed by atoms with van der Waals surface area (Å²) in [6.07, 6.45) is 0. The van der Waals surface area contributed by atoms with E-state index in [-0.39, 0.29) is 6.79 Å². The minimum absolute atomic E-state index is 0.140. The Bertz CT molecular complexity index is 675. The summed E-state index contributed by atoms with van der Waals surface area (Å²) in [4.78, 5) is 11.6. The number of nitrogens with one attached hydrogen (secondary N) is 1. The van der Waals surface area contributed by atoms with Crippen molar-refractivity contribution in [3.8, 4) is 11.5 Å². The van der Waals surface area contributed by atoms with E-state index < -0.39 is 12.0 Å². The molecule has 0 bridgehead atoms. The quantitative estimate of drug-likeness (QED) is 0.885. The van der Waals surface area contributed by atoms with Gasteiger partial charge in [-0.2, -0.15) is 0 Å². The summed E-state index contributed by atoms with van der Waals surface area (Å²) in [5, 5.41) is 12.5. The van der Waals surface area contributed by atoms with Gasteiger partial charge in [-0.15, -0.1) is 0 Å². The van der Waals surface area contributed by atoms with Gasteiger partial charge in [-0.25, -0.2) is 4.79 Å². The molecule has 1 unspecified atom stereocenters. The Morgan fingerprint density at radius 3 is 2.71 bits per heavy atom. The number of fused-ring (bicyclic) bond motifs is 1. The average molecular weight is 350 g/mol. The highest BCUT2D eigenvalue weighted by Crippen LogP contribution is 2.41. The smallest absolute Gasteiger partial charge is 0.330 e. The van der Waals surface area contributed by atoms with E-state index in [0.717, 1.165) is 5.69 Å². The molecule has 21 heavy (non-hydrogen) atoms. The molecule has 2 N–H and O–H groups in total. The van der Waals surface area contributed by atoms with Crippen LogP contribution in [0.3, 0.4) is 0 Å². The van der Waals surface area contributed by atoms with Crippen LogP contribution in [-0.2, 0) is 4.79 Å². The van der Waals surface area contributed by atoms with Crippen LogP contribution in [0.15, 0.2) is 46.9 Å². The fourth-order valence-electron chi connectivity index (χ4n) is 2.14. The summed E-state index contributed by atoms with van der Waals surface area (Å²) in [7, 11) is 0. The number of hydrogen-bond donors (Lipinski definition) is 2. The average Bonchev–Trinajstić information content (AvgIpc) is 2.94.